The molecule has 0 radical (unpaired) electrons. The predicted octanol–water partition coefficient (Wildman–Crippen LogP) is 2.74. The number of fused-ring (bicyclic) bond motifs is 1. The van der Waals surface area contributed by atoms with Crippen molar-refractivity contribution in [3.05, 3.63) is 33.6 Å². The van der Waals surface area contributed by atoms with Crippen molar-refractivity contribution in [3.8, 4) is 0 Å². The minimum absolute atomic E-state index is 0.0497. The van der Waals surface area contributed by atoms with Gasteiger partial charge in [-0.25, -0.2) is 18.1 Å². The summed E-state index contributed by atoms with van der Waals surface area (Å²) < 4.78 is 26.9. The van der Waals surface area contributed by atoms with E-state index >= 15 is 0 Å². The molecule has 0 aliphatic carbocycles. The second-order valence-electron chi connectivity index (χ2n) is 6.09. The molecule has 0 saturated carbocycles. The molecule has 6 nitrogen and oxygen atoms in total. The lowest BCUT2D eigenvalue weighted by Crippen LogP contribution is -2.26. The zero-order valence-electron chi connectivity index (χ0n) is 14.5. The largest absolute Gasteiger partial charge is 0.287 e. The van der Waals surface area contributed by atoms with E-state index in [2.05, 4.69) is 9.71 Å². The third-order valence-corrected chi connectivity index (χ3v) is 6.27. The number of sulfonamides is 1. The maximum atomic E-state index is 12.8. The van der Waals surface area contributed by atoms with E-state index in [-0.39, 0.29) is 17.2 Å². The van der Waals surface area contributed by atoms with Crippen molar-refractivity contribution < 1.29 is 8.42 Å². The standard InChI is InChI=1S/C16H22ClN3O3S2/c1-11(2)10-20-15(21)13-9-12(17)5-6-14(13)19-16(20)24-7-4-8-25(22,23)18-3/h5-6,9,11,18H,4,7-8,10H2,1-3H3. The summed E-state index contributed by atoms with van der Waals surface area (Å²) in [6.45, 7) is 4.61. The molecule has 0 aliphatic rings. The Bertz CT molecular complexity index is 911. The molecule has 2 aromatic rings. The quantitative estimate of drug-likeness (QED) is 0.416. The highest BCUT2D eigenvalue weighted by molar-refractivity contribution is 7.99. The molecule has 1 aromatic carbocycles. The third kappa shape index (κ3) is 5.44. The molecular formula is C16H22ClN3O3S2. The van der Waals surface area contributed by atoms with Crippen molar-refractivity contribution in [1.29, 1.82) is 0 Å². The summed E-state index contributed by atoms with van der Waals surface area (Å²) >= 11 is 7.40. The number of nitrogens with one attached hydrogen (secondary N) is 1. The maximum absolute atomic E-state index is 12.8. The average molecular weight is 404 g/mol. The molecule has 1 aromatic heterocycles. The highest BCUT2D eigenvalue weighted by Crippen LogP contribution is 2.21. The molecule has 0 fully saturated rings. The van der Waals surface area contributed by atoms with Crippen molar-refractivity contribution in [2.45, 2.75) is 32.0 Å². The lowest BCUT2D eigenvalue weighted by molar-refractivity contribution is 0.475. The molecule has 0 unspecified atom stereocenters. The smallest absolute Gasteiger partial charge is 0.262 e. The fraction of sp³-hybridized carbons (Fsp3) is 0.500. The molecule has 25 heavy (non-hydrogen) atoms. The second-order valence-corrected chi connectivity index (χ2v) is 9.63. The van der Waals surface area contributed by atoms with Gasteiger partial charge in [0.1, 0.15) is 0 Å². The minimum atomic E-state index is -3.22. The van der Waals surface area contributed by atoms with Crippen molar-refractivity contribution in [3.63, 3.8) is 0 Å². The second kappa shape index (κ2) is 8.53. The fourth-order valence-electron chi connectivity index (χ4n) is 2.32. The van der Waals surface area contributed by atoms with Crippen LogP contribution in [0.15, 0.2) is 28.2 Å². The summed E-state index contributed by atoms with van der Waals surface area (Å²) in [5.41, 5.74) is 0.478. The van der Waals surface area contributed by atoms with Gasteiger partial charge in [-0.2, -0.15) is 0 Å². The Hall–Kier alpha value is -1.09. The molecule has 0 spiro atoms. The van der Waals surface area contributed by atoms with Gasteiger partial charge in [0, 0.05) is 17.3 Å². The highest BCUT2D eigenvalue weighted by Gasteiger charge is 2.14. The predicted molar refractivity (Wildman–Crippen MR) is 104 cm³/mol. The van der Waals surface area contributed by atoms with E-state index in [1.165, 1.54) is 18.8 Å². The summed E-state index contributed by atoms with van der Waals surface area (Å²) in [6.07, 6.45) is 0.476. The van der Waals surface area contributed by atoms with Crippen LogP contribution >= 0.6 is 23.4 Å². The number of aromatic nitrogens is 2. The summed E-state index contributed by atoms with van der Waals surface area (Å²) in [5.74, 6) is 0.888. The van der Waals surface area contributed by atoms with Crippen LogP contribution in [0.3, 0.4) is 0 Å². The molecule has 138 valence electrons. The van der Waals surface area contributed by atoms with Gasteiger partial charge in [-0.3, -0.25) is 9.36 Å². The SMILES string of the molecule is CNS(=O)(=O)CCCSc1nc2ccc(Cl)cc2c(=O)n1CC(C)C. The number of nitrogens with zero attached hydrogens (tertiary/aromatic N) is 2. The third-order valence-electron chi connectivity index (χ3n) is 3.53. The average Bonchev–Trinajstić information content (AvgIpc) is 2.55. The lowest BCUT2D eigenvalue weighted by atomic mass is 10.2. The lowest BCUT2D eigenvalue weighted by Gasteiger charge is -2.15. The summed E-state index contributed by atoms with van der Waals surface area (Å²) in [4.78, 5) is 17.4. The van der Waals surface area contributed by atoms with Gasteiger partial charge in [0.2, 0.25) is 10.0 Å². The van der Waals surface area contributed by atoms with Crippen LogP contribution in [0.4, 0.5) is 0 Å². The Labute approximate surface area is 157 Å². The highest BCUT2D eigenvalue weighted by atomic mass is 35.5. The minimum Gasteiger partial charge on any atom is -0.287 e. The Kier molecular flexibility index (Phi) is 6.90. The summed E-state index contributed by atoms with van der Waals surface area (Å²) in [7, 11) is -1.82. The molecule has 0 aliphatic heterocycles. The van der Waals surface area contributed by atoms with Crippen LogP contribution in [0.2, 0.25) is 5.02 Å². The zero-order chi connectivity index (χ0) is 18.6. The van der Waals surface area contributed by atoms with Crippen molar-refractivity contribution >= 4 is 44.3 Å². The first-order valence-electron chi connectivity index (χ1n) is 7.97. The topological polar surface area (TPSA) is 81.1 Å². The number of halogens is 1. The van der Waals surface area contributed by atoms with Gasteiger partial charge in [-0.1, -0.05) is 37.2 Å². The Balaban J connectivity index is 2.30. The van der Waals surface area contributed by atoms with E-state index in [0.717, 1.165) is 0 Å². The Morgan fingerprint density at radius 3 is 2.72 bits per heavy atom. The van der Waals surface area contributed by atoms with Crippen LogP contribution in [-0.4, -0.2) is 36.5 Å². The van der Waals surface area contributed by atoms with Crippen molar-refractivity contribution in [1.82, 2.24) is 14.3 Å². The van der Waals surface area contributed by atoms with E-state index < -0.39 is 10.0 Å². The van der Waals surface area contributed by atoms with Gasteiger partial charge >= 0.3 is 0 Å². The number of hydrogen-bond donors (Lipinski definition) is 1. The number of hydrogen-bond acceptors (Lipinski definition) is 5. The monoisotopic (exact) mass is 403 g/mol. The van der Waals surface area contributed by atoms with E-state index in [0.29, 0.717) is 39.8 Å². The Morgan fingerprint density at radius 1 is 1.36 bits per heavy atom. The van der Waals surface area contributed by atoms with Gasteiger partial charge in [0.15, 0.2) is 5.16 Å². The number of thioether (sulfide) groups is 1. The van der Waals surface area contributed by atoms with Crippen molar-refractivity contribution in [2.75, 3.05) is 18.6 Å². The van der Waals surface area contributed by atoms with Crippen molar-refractivity contribution in [2.24, 2.45) is 5.92 Å². The van der Waals surface area contributed by atoms with Gasteiger partial charge in [-0.15, -0.1) is 0 Å². The summed E-state index contributed by atoms with van der Waals surface area (Å²) in [6, 6.07) is 5.07. The molecule has 0 bridgehead atoms. The molecule has 0 amide bonds. The van der Waals surface area contributed by atoms with E-state index in [9.17, 15) is 13.2 Å². The van der Waals surface area contributed by atoms with E-state index in [1.807, 2.05) is 13.8 Å². The van der Waals surface area contributed by atoms with Gasteiger partial charge in [0.05, 0.1) is 16.7 Å². The molecule has 2 rings (SSSR count). The van der Waals surface area contributed by atoms with Crippen LogP contribution in [0.25, 0.3) is 10.9 Å². The first-order chi connectivity index (χ1) is 11.7. The maximum Gasteiger partial charge on any atom is 0.262 e. The van der Waals surface area contributed by atoms with Crippen LogP contribution in [-0.2, 0) is 16.6 Å². The van der Waals surface area contributed by atoms with Gasteiger partial charge in [0.25, 0.3) is 5.56 Å². The Morgan fingerprint density at radius 2 is 2.08 bits per heavy atom. The van der Waals surface area contributed by atoms with E-state index in [1.54, 1.807) is 22.8 Å². The van der Waals surface area contributed by atoms with Gasteiger partial charge < -0.3 is 0 Å². The van der Waals surface area contributed by atoms with Gasteiger partial charge in [-0.05, 0) is 37.6 Å². The van der Waals surface area contributed by atoms with Crippen LogP contribution in [0.5, 0.6) is 0 Å². The molecular weight excluding hydrogens is 382 g/mol. The summed E-state index contributed by atoms with van der Waals surface area (Å²) in [5, 5.41) is 1.60. The molecule has 9 heteroatoms. The molecule has 1 N–H and O–H groups in total. The number of rotatable bonds is 8. The molecule has 0 atom stereocenters. The van der Waals surface area contributed by atoms with E-state index in [4.69, 9.17) is 11.6 Å². The fourth-order valence-corrected chi connectivity index (χ4v) is 4.35. The van der Waals surface area contributed by atoms with Crippen LogP contribution in [0.1, 0.15) is 20.3 Å². The molecule has 0 saturated heterocycles. The van der Waals surface area contributed by atoms with Crippen LogP contribution < -0.4 is 10.3 Å². The molecule has 1 heterocycles. The number of benzene rings is 1. The van der Waals surface area contributed by atoms with Crippen LogP contribution in [0, 0.1) is 5.92 Å². The normalized spacial score (nSPS) is 12.2. The first-order valence-corrected chi connectivity index (χ1v) is 11.0. The zero-order valence-corrected chi connectivity index (χ0v) is 16.8. The first kappa shape index (κ1) is 20.2.